The topological polar surface area (TPSA) is 61.8 Å². The maximum absolute atomic E-state index is 13.9. The summed E-state index contributed by atoms with van der Waals surface area (Å²) in [6.07, 6.45) is -0.834. The van der Waals surface area contributed by atoms with Gasteiger partial charge in [-0.3, -0.25) is 4.79 Å². The second-order valence-electron chi connectivity index (χ2n) is 10.3. The molecule has 2 unspecified atom stereocenters. The average molecular weight is 518 g/mol. The van der Waals surface area contributed by atoms with Crippen molar-refractivity contribution in [2.75, 3.05) is 51.8 Å². The molecule has 2 aromatic rings. The van der Waals surface area contributed by atoms with Crippen LogP contribution in [-0.4, -0.2) is 78.6 Å². The number of ether oxygens (including phenoxy) is 1. The van der Waals surface area contributed by atoms with Crippen molar-refractivity contribution in [2.45, 2.75) is 56.8 Å². The number of halogens is 3. The smallest absolute Gasteiger partial charge is 0.375 e. The van der Waals surface area contributed by atoms with E-state index in [9.17, 15) is 18.0 Å². The first-order valence-corrected chi connectivity index (χ1v) is 13.0. The summed E-state index contributed by atoms with van der Waals surface area (Å²) in [5.74, 6) is 1.14. The van der Waals surface area contributed by atoms with E-state index in [-0.39, 0.29) is 18.1 Å². The van der Waals surface area contributed by atoms with Gasteiger partial charge in [0.25, 0.3) is 0 Å². The van der Waals surface area contributed by atoms with Crippen LogP contribution in [-0.2, 0) is 22.1 Å². The minimum Gasteiger partial charge on any atom is -0.375 e. The lowest BCUT2D eigenvalue weighted by Gasteiger charge is -2.39. The number of hydrogen-bond donors (Lipinski definition) is 0. The number of fused-ring (bicyclic) bond motifs is 1. The number of carbonyl (C=O) groups excluding carboxylic acids is 1. The molecule has 0 saturated carbocycles. The lowest BCUT2D eigenvalue weighted by Crippen LogP contribution is -2.52. The highest BCUT2D eigenvalue weighted by Crippen LogP contribution is 2.38. The fourth-order valence-electron chi connectivity index (χ4n) is 6.11. The third-order valence-corrected chi connectivity index (χ3v) is 8.09. The summed E-state index contributed by atoms with van der Waals surface area (Å²) < 4.78 is 45.1. The van der Waals surface area contributed by atoms with E-state index in [1.54, 1.807) is 7.11 Å². The van der Waals surface area contributed by atoms with Crippen molar-refractivity contribution < 1.29 is 22.7 Å². The number of aromatic nitrogens is 2. The monoisotopic (exact) mass is 517 g/mol. The van der Waals surface area contributed by atoms with Gasteiger partial charge in [0, 0.05) is 44.9 Å². The average Bonchev–Trinajstić information content (AvgIpc) is 3.49. The van der Waals surface area contributed by atoms with Crippen molar-refractivity contribution in [1.29, 1.82) is 0 Å². The first kappa shape index (κ1) is 25.9. The summed E-state index contributed by atoms with van der Waals surface area (Å²) in [7, 11) is 3.70. The van der Waals surface area contributed by atoms with Gasteiger partial charge in [-0.05, 0) is 63.9 Å². The highest BCUT2D eigenvalue weighted by atomic mass is 19.4. The Kier molecular flexibility index (Phi) is 7.15. The van der Waals surface area contributed by atoms with Crippen LogP contribution in [0.4, 0.5) is 19.0 Å². The van der Waals surface area contributed by atoms with Crippen LogP contribution in [0.3, 0.4) is 0 Å². The van der Waals surface area contributed by atoms with E-state index in [4.69, 9.17) is 9.72 Å². The van der Waals surface area contributed by atoms with E-state index < -0.39 is 17.7 Å². The van der Waals surface area contributed by atoms with Crippen LogP contribution in [0.15, 0.2) is 24.3 Å². The summed E-state index contributed by atoms with van der Waals surface area (Å²) in [5, 5.41) is 0. The standard InChI is InChI=1S/C27H34F3N5O2/c1-17-31-24-20(10-11-22(24)37-3)25(32-17)34-13-15-35(16-14-34)26(36)23(21-5-4-12-33(21)2)18-6-8-19(9-7-18)27(28,29)30/h6-9,21-23H,4-5,10-16H2,1-3H3/t21?,22-,23?/m1/s1. The number of piperazine rings is 1. The number of carbonyl (C=O) groups is 1. The van der Waals surface area contributed by atoms with Gasteiger partial charge in [0.05, 0.1) is 23.3 Å². The third kappa shape index (κ3) is 5.05. The van der Waals surface area contributed by atoms with Gasteiger partial charge in [0.2, 0.25) is 5.91 Å². The Balaban J connectivity index is 1.34. The van der Waals surface area contributed by atoms with E-state index in [1.807, 2.05) is 18.9 Å². The van der Waals surface area contributed by atoms with Gasteiger partial charge in [-0.15, -0.1) is 0 Å². The normalized spacial score (nSPS) is 23.4. The number of anilines is 1. The van der Waals surface area contributed by atoms with Gasteiger partial charge in [-0.25, -0.2) is 9.97 Å². The van der Waals surface area contributed by atoms with Gasteiger partial charge >= 0.3 is 6.18 Å². The first-order valence-electron chi connectivity index (χ1n) is 13.0. The molecule has 1 aromatic heterocycles. The number of alkyl halides is 3. The van der Waals surface area contributed by atoms with Crippen molar-refractivity contribution >= 4 is 11.7 Å². The first-order chi connectivity index (χ1) is 17.7. The van der Waals surface area contributed by atoms with Crippen LogP contribution in [0.25, 0.3) is 0 Å². The molecule has 1 aromatic carbocycles. The summed E-state index contributed by atoms with van der Waals surface area (Å²) in [6, 6.07) is 5.11. The van der Waals surface area contributed by atoms with Crippen LogP contribution in [0.5, 0.6) is 0 Å². The Bertz CT molecular complexity index is 1130. The van der Waals surface area contributed by atoms with Crippen molar-refractivity contribution in [3.8, 4) is 0 Å². The molecule has 200 valence electrons. The fourth-order valence-corrected chi connectivity index (χ4v) is 6.11. The zero-order valence-electron chi connectivity index (χ0n) is 21.6. The molecule has 3 atom stereocenters. The van der Waals surface area contributed by atoms with Gasteiger partial charge in [-0.1, -0.05) is 12.1 Å². The maximum atomic E-state index is 13.9. The predicted octanol–water partition coefficient (Wildman–Crippen LogP) is 3.96. The van der Waals surface area contributed by atoms with E-state index in [2.05, 4.69) is 14.8 Å². The number of nitrogens with zero attached hydrogens (tertiary/aromatic N) is 5. The highest BCUT2D eigenvalue weighted by Gasteiger charge is 2.39. The summed E-state index contributed by atoms with van der Waals surface area (Å²) in [5.41, 5.74) is 2.05. The van der Waals surface area contributed by atoms with Crippen LogP contribution < -0.4 is 4.90 Å². The molecule has 0 spiro atoms. The lowest BCUT2D eigenvalue weighted by atomic mass is 9.87. The molecule has 10 heteroatoms. The summed E-state index contributed by atoms with van der Waals surface area (Å²) in [6.45, 7) is 5.14. The fraction of sp³-hybridized carbons (Fsp3) is 0.593. The van der Waals surface area contributed by atoms with Crippen molar-refractivity contribution in [3.63, 3.8) is 0 Å². The number of hydrogen-bond acceptors (Lipinski definition) is 6. The molecule has 0 N–H and O–H groups in total. The van der Waals surface area contributed by atoms with Gasteiger partial charge in [-0.2, -0.15) is 13.2 Å². The van der Waals surface area contributed by atoms with Crippen LogP contribution in [0, 0.1) is 6.92 Å². The van der Waals surface area contributed by atoms with Crippen LogP contribution in [0.2, 0.25) is 0 Å². The quantitative estimate of drug-likeness (QED) is 0.599. The minimum absolute atomic E-state index is 0.00814. The van der Waals surface area contributed by atoms with Crippen LogP contribution in [0.1, 0.15) is 59.5 Å². The largest absolute Gasteiger partial charge is 0.416 e. The lowest BCUT2D eigenvalue weighted by molar-refractivity contribution is -0.137. The van der Waals surface area contributed by atoms with Crippen molar-refractivity contribution in [3.05, 3.63) is 52.5 Å². The molecular weight excluding hydrogens is 483 g/mol. The summed E-state index contributed by atoms with van der Waals surface area (Å²) >= 11 is 0. The molecule has 2 saturated heterocycles. The Morgan fingerprint density at radius 1 is 1.05 bits per heavy atom. The van der Waals surface area contributed by atoms with E-state index in [1.165, 1.54) is 12.1 Å². The Morgan fingerprint density at radius 2 is 1.76 bits per heavy atom. The molecule has 2 aliphatic heterocycles. The van der Waals surface area contributed by atoms with E-state index in [0.29, 0.717) is 37.6 Å². The van der Waals surface area contributed by atoms with Crippen molar-refractivity contribution in [1.82, 2.24) is 19.8 Å². The van der Waals surface area contributed by atoms with Gasteiger partial charge in [0.1, 0.15) is 11.6 Å². The summed E-state index contributed by atoms with van der Waals surface area (Å²) in [4.78, 5) is 29.5. The van der Waals surface area contributed by atoms with E-state index in [0.717, 1.165) is 61.4 Å². The third-order valence-electron chi connectivity index (χ3n) is 8.09. The number of likely N-dealkylation sites (tertiary alicyclic amines) is 1. The molecule has 5 rings (SSSR count). The SMILES string of the molecule is CO[C@@H]1CCc2c1nc(C)nc2N1CCN(C(=O)C(c2ccc(C(F)(F)F)cc2)C2CCCN2C)CC1. The van der Waals surface area contributed by atoms with Crippen molar-refractivity contribution in [2.24, 2.45) is 0 Å². The molecule has 7 nitrogen and oxygen atoms in total. The molecule has 2 fully saturated rings. The second-order valence-corrected chi connectivity index (χ2v) is 10.3. The Hall–Kier alpha value is -2.72. The Labute approximate surface area is 215 Å². The highest BCUT2D eigenvalue weighted by molar-refractivity contribution is 5.85. The number of methoxy groups -OCH3 is 1. The molecule has 37 heavy (non-hydrogen) atoms. The molecule has 0 radical (unpaired) electrons. The number of amides is 1. The molecule has 1 aliphatic carbocycles. The molecular formula is C27H34F3N5O2. The van der Waals surface area contributed by atoms with Gasteiger partial charge in [0.15, 0.2) is 0 Å². The molecule has 3 aliphatic rings. The maximum Gasteiger partial charge on any atom is 0.416 e. The number of aryl methyl sites for hydroxylation is 1. The zero-order chi connectivity index (χ0) is 26.3. The molecule has 0 bridgehead atoms. The Morgan fingerprint density at radius 3 is 2.35 bits per heavy atom. The van der Waals surface area contributed by atoms with Gasteiger partial charge < -0.3 is 19.4 Å². The minimum atomic E-state index is -4.40. The molecule has 1 amide bonds. The molecule has 3 heterocycles. The predicted molar refractivity (Wildman–Crippen MR) is 133 cm³/mol. The number of benzene rings is 1. The zero-order valence-corrected chi connectivity index (χ0v) is 21.6. The number of rotatable bonds is 5. The second kappa shape index (κ2) is 10.2. The van der Waals surface area contributed by atoms with E-state index >= 15 is 0 Å². The van der Waals surface area contributed by atoms with Crippen LogP contribution >= 0.6 is 0 Å². The number of likely N-dealkylation sites (N-methyl/N-ethyl adjacent to an activating group) is 1.